The zero-order valence-corrected chi connectivity index (χ0v) is 15.0. The van der Waals surface area contributed by atoms with Gasteiger partial charge in [-0.3, -0.25) is 13.9 Å². The molecule has 0 atom stereocenters. The molecule has 1 heterocycles. The molecule has 0 bridgehead atoms. The van der Waals surface area contributed by atoms with Crippen molar-refractivity contribution in [2.75, 3.05) is 25.0 Å². The van der Waals surface area contributed by atoms with Gasteiger partial charge in [-0.15, -0.1) is 0 Å². The highest BCUT2D eigenvalue weighted by Gasteiger charge is 2.29. The molecule has 0 aromatic heterocycles. The summed E-state index contributed by atoms with van der Waals surface area (Å²) in [5, 5.41) is 1.09. The van der Waals surface area contributed by atoms with Crippen LogP contribution in [0.15, 0.2) is 53.4 Å². The summed E-state index contributed by atoms with van der Waals surface area (Å²) in [6.07, 6.45) is 1.66. The third-order valence-electron chi connectivity index (χ3n) is 4.32. The van der Waals surface area contributed by atoms with Crippen molar-refractivity contribution >= 4 is 21.6 Å². The molecule has 6 nitrogen and oxygen atoms in total. The lowest BCUT2D eigenvalue weighted by Gasteiger charge is -2.30. The van der Waals surface area contributed by atoms with Crippen LogP contribution in [0.3, 0.4) is 0 Å². The Bertz CT molecular complexity index is 878. The fourth-order valence-corrected chi connectivity index (χ4v) is 4.45. The van der Waals surface area contributed by atoms with E-state index >= 15 is 0 Å². The van der Waals surface area contributed by atoms with Gasteiger partial charge in [0.2, 0.25) is 0 Å². The lowest BCUT2D eigenvalue weighted by Crippen LogP contribution is -2.35. The highest BCUT2D eigenvalue weighted by atomic mass is 32.2. The number of sulfonamides is 1. The Kier molecular flexibility index (Phi) is 4.78. The highest BCUT2D eigenvalue weighted by molar-refractivity contribution is 7.92. The second-order valence-electron chi connectivity index (χ2n) is 5.82. The molecule has 25 heavy (non-hydrogen) atoms. The number of aryl methyl sites for hydroxylation is 1. The molecule has 7 heteroatoms. The largest absolute Gasteiger partial charge is 0.277 e. The van der Waals surface area contributed by atoms with Crippen molar-refractivity contribution in [3.8, 4) is 0 Å². The minimum absolute atomic E-state index is 0.167. The minimum Gasteiger partial charge on any atom is -0.274 e. The molecule has 3 rings (SSSR count). The Labute approximate surface area is 147 Å². The van der Waals surface area contributed by atoms with E-state index in [0.29, 0.717) is 12.1 Å². The molecule has 0 radical (unpaired) electrons. The standard InChI is InChI=1S/C18H20N2O4S/c1-19(24-2)18(21)15-9-11-16(12-10-15)25(22,23)20-13-5-7-14-6-3-4-8-17(14)20/h3-4,6,8-12H,5,7,13H2,1-2H3. The summed E-state index contributed by atoms with van der Waals surface area (Å²) in [6.45, 7) is 0.451. The lowest BCUT2D eigenvalue weighted by atomic mass is 10.0. The maximum Gasteiger partial charge on any atom is 0.277 e. The topological polar surface area (TPSA) is 66.9 Å². The van der Waals surface area contributed by atoms with Gasteiger partial charge in [0.15, 0.2) is 0 Å². The number of carbonyl (C=O) groups excluding carboxylic acids is 1. The number of carbonyl (C=O) groups is 1. The van der Waals surface area contributed by atoms with Crippen LogP contribution in [0.25, 0.3) is 0 Å². The second kappa shape index (κ2) is 6.85. The number of hydroxylamine groups is 2. The van der Waals surface area contributed by atoms with E-state index in [1.165, 1.54) is 42.7 Å². The number of amides is 1. The number of hydrogen-bond donors (Lipinski definition) is 0. The monoisotopic (exact) mass is 360 g/mol. The van der Waals surface area contributed by atoms with E-state index < -0.39 is 10.0 Å². The van der Waals surface area contributed by atoms with Gasteiger partial charge in [0.05, 0.1) is 17.7 Å². The van der Waals surface area contributed by atoms with Gasteiger partial charge in [0.25, 0.3) is 15.9 Å². The third kappa shape index (κ3) is 3.25. The van der Waals surface area contributed by atoms with Crippen molar-refractivity contribution in [3.63, 3.8) is 0 Å². The van der Waals surface area contributed by atoms with Crippen LogP contribution in [0, 0.1) is 0 Å². The van der Waals surface area contributed by atoms with E-state index in [1.807, 2.05) is 24.3 Å². The number of fused-ring (bicyclic) bond motifs is 1. The smallest absolute Gasteiger partial charge is 0.274 e. The summed E-state index contributed by atoms with van der Waals surface area (Å²) >= 11 is 0. The summed E-state index contributed by atoms with van der Waals surface area (Å²) in [5.74, 6) is -0.338. The predicted octanol–water partition coefficient (Wildman–Crippen LogP) is 2.46. The molecule has 2 aromatic carbocycles. The summed E-state index contributed by atoms with van der Waals surface area (Å²) in [4.78, 5) is 17.1. The maximum atomic E-state index is 13.0. The molecule has 0 fully saturated rings. The average molecular weight is 360 g/mol. The molecule has 0 aliphatic carbocycles. The zero-order valence-electron chi connectivity index (χ0n) is 14.2. The summed E-state index contributed by atoms with van der Waals surface area (Å²) in [6, 6.07) is 13.5. The van der Waals surface area contributed by atoms with Crippen LogP contribution in [0.1, 0.15) is 22.3 Å². The van der Waals surface area contributed by atoms with Crippen molar-refractivity contribution in [1.29, 1.82) is 0 Å². The van der Waals surface area contributed by atoms with Crippen LogP contribution in [-0.2, 0) is 21.3 Å². The molecule has 0 spiro atoms. The Morgan fingerprint density at radius 2 is 1.80 bits per heavy atom. The average Bonchev–Trinajstić information content (AvgIpc) is 2.66. The number of benzene rings is 2. The quantitative estimate of drug-likeness (QED) is 0.786. The predicted molar refractivity (Wildman–Crippen MR) is 94.8 cm³/mol. The molecule has 1 aliphatic heterocycles. The minimum atomic E-state index is -3.67. The van der Waals surface area contributed by atoms with E-state index in [9.17, 15) is 13.2 Å². The molecule has 0 saturated heterocycles. The Balaban J connectivity index is 1.93. The first kappa shape index (κ1) is 17.4. The lowest BCUT2D eigenvalue weighted by molar-refractivity contribution is -0.0757. The Morgan fingerprint density at radius 3 is 2.48 bits per heavy atom. The van der Waals surface area contributed by atoms with Gasteiger partial charge in [0.1, 0.15) is 0 Å². The van der Waals surface area contributed by atoms with Crippen molar-refractivity contribution in [1.82, 2.24) is 5.06 Å². The number of hydrogen-bond acceptors (Lipinski definition) is 4. The van der Waals surface area contributed by atoms with Crippen LogP contribution >= 0.6 is 0 Å². The maximum absolute atomic E-state index is 13.0. The van der Waals surface area contributed by atoms with Gasteiger partial charge >= 0.3 is 0 Å². The fourth-order valence-electron chi connectivity index (χ4n) is 2.91. The number of para-hydroxylation sites is 1. The number of rotatable bonds is 4. The van der Waals surface area contributed by atoms with Crippen molar-refractivity contribution < 1.29 is 18.0 Å². The molecule has 1 aliphatic rings. The second-order valence-corrected chi connectivity index (χ2v) is 7.68. The zero-order chi connectivity index (χ0) is 18.0. The molecular weight excluding hydrogens is 340 g/mol. The van der Waals surface area contributed by atoms with Gasteiger partial charge in [-0.05, 0) is 48.7 Å². The molecule has 2 aromatic rings. The van der Waals surface area contributed by atoms with Gasteiger partial charge in [-0.2, -0.15) is 0 Å². The van der Waals surface area contributed by atoms with Gasteiger partial charge < -0.3 is 0 Å². The van der Waals surface area contributed by atoms with E-state index in [4.69, 9.17) is 4.84 Å². The van der Waals surface area contributed by atoms with E-state index in [-0.39, 0.29) is 10.8 Å². The Hall–Kier alpha value is -2.38. The van der Waals surface area contributed by atoms with E-state index in [2.05, 4.69) is 0 Å². The summed E-state index contributed by atoms with van der Waals surface area (Å²) < 4.78 is 27.5. The normalized spacial score (nSPS) is 14.1. The number of nitrogens with zero attached hydrogens (tertiary/aromatic N) is 2. The molecule has 0 saturated carbocycles. The first-order valence-corrected chi connectivity index (χ1v) is 9.42. The van der Waals surface area contributed by atoms with Crippen molar-refractivity contribution in [2.24, 2.45) is 0 Å². The van der Waals surface area contributed by atoms with Gasteiger partial charge in [-0.1, -0.05) is 18.2 Å². The van der Waals surface area contributed by atoms with Crippen LogP contribution < -0.4 is 4.31 Å². The molecule has 0 unspecified atom stereocenters. The van der Waals surface area contributed by atoms with Crippen LogP contribution in [0.5, 0.6) is 0 Å². The SMILES string of the molecule is CON(C)C(=O)c1ccc(S(=O)(=O)N2CCCc3ccccc32)cc1. The van der Waals surface area contributed by atoms with Crippen molar-refractivity contribution in [3.05, 3.63) is 59.7 Å². The van der Waals surface area contributed by atoms with Crippen LogP contribution in [0.4, 0.5) is 5.69 Å². The summed E-state index contributed by atoms with van der Waals surface area (Å²) in [7, 11) is -0.775. The Morgan fingerprint density at radius 1 is 1.12 bits per heavy atom. The molecular formula is C18H20N2O4S. The van der Waals surface area contributed by atoms with Gasteiger partial charge in [-0.25, -0.2) is 13.5 Å². The third-order valence-corrected chi connectivity index (χ3v) is 6.14. The first-order valence-electron chi connectivity index (χ1n) is 7.98. The van der Waals surface area contributed by atoms with E-state index in [0.717, 1.165) is 29.2 Å². The first-order chi connectivity index (χ1) is 11.9. The molecule has 0 N–H and O–H groups in total. The highest BCUT2D eigenvalue weighted by Crippen LogP contribution is 2.31. The van der Waals surface area contributed by atoms with E-state index in [1.54, 1.807) is 0 Å². The molecule has 132 valence electrons. The van der Waals surface area contributed by atoms with Crippen LogP contribution in [-0.4, -0.2) is 40.1 Å². The van der Waals surface area contributed by atoms with Crippen LogP contribution in [0.2, 0.25) is 0 Å². The molecule has 1 amide bonds. The van der Waals surface area contributed by atoms with Gasteiger partial charge in [0, 0.05) is 19.2 Å². The number of anilines is 1. The fraction of sp³-hybridized carbons (Fsp3) is 0.278. The van der Waals surface area contributed by atoms with Crippen molar-refractivity contribution in [2.45, 2.75) is 17.7 Å². The summed E-state index contributed by atoms with van der Waals surface area (Å²) in [5.41, 5.74) is 2.13.